The molecule has 0 aliphatic carbocycles. The zero-order valence-corrected chi connectivity index (χ0v) is 17.5. The van der Waals surface area contributed by atoms with E-state index in [2.05, 4.69) is 16.4 Å². The molecular weight excluding hydrogens is 402 g/mol. The topological polar surface area (TPSA) is 80.8 Å². The molecule has 3 heterocycles. The van der Waals surface area contributed by atoms with Crippen molar-refractivity contribution < 1.29 is 19.1 Å². The first-order valence-electron chi connectivity index (χ1n) is 9.85. The van der Waals surface area contributed by atoms with Gasteiger partial charge in [0.15, 0.2) is 16.6 Å². The van der Waals surface area contributed by atoms with Crippen LogP contribution in [0.5, 0.6) is 11.5 Å². The van der Waals surface area contributed by atoms with Crippen molar-refractivity contribution in [2.45, 2.75) is 39.3 Å². The fraction of sp³-hybridized carbons (Fsp3) is 0.318. The first-order chi connectivity index (χ1) is 14.5. The summed E-state index contributed by atoms with van der Waals surface area (Å²) in [6.45, 7) is 4.63. The highest BCUT2D eigenvalue weighted by atomic mass is 32.1. The monoisotopic (exact) mass is 423 g/mol. The summed E-state index contributed by atoms with van der Waals surface area (Å²) in [6, 6.07) is 9.16. The van der Waals surface area contributed by atoms with Crippen LogP contribution in [0, 0.1) is 13.8 Å². The summed E-state index contributed by atoms with van der Waals surface area (Å²) >= 11 is 1.45. The van der Waals surface area contributed by atoms with Crippen LogP contribution in [-0.2, 0) is 16.1 Å². The lowest BCUT2D eigenvalue weighted by molar-refractivity contribution is -0.133. The van der Waals surface area contributed by atoms with Crippen LogP contribution < -0.4 is 14.8 Å². The summed E-state index contributed by atoms with van der Waals surface area (Å²) in [5, 5.41) is 3.49. The summed E-state index contributed by atoms with van der Waals surface area (Å²) in [5.74, 6) is 1.14. The Labute approximate surface area is 177 Å². The van der Waals surface area contributed by atoms with Gasteiger partial charge < -0.3 is 19.7 Å². The van der Waals surface area contributed by atoms with Crippen molar-refractivity contribution in [1.82, 2.24) is 9.88 Å². The van der Waals surface area contributed by atoms with Crippen LogP contribution >= 0.6 is 11.3 Å². The van der Waals surface area contributed by atoms with Crippen molar-refractivity contribution in [2.75, 3.05) is 12.1 Å². The van der Waals surface area contributed by atoms with E-state index in [1.807, 2.05) is 38.1 Å². The molecule has 0 saturated carbocycles. The summed E-state index contributed by atoms with van der Waals surface area (Å²) in [4.78, 5) is 31.7. The molecule has 3 aromatic rings. The number of nitrogens with one attached hydrogen (secondary N) is 1. The molecule has 2 aliphatic rings. The highest BCUT2D eigenvalue weighted by Crippen LogP contribution is 2.34. The first kappa shape index (κ1) is 18.9. The molecule has 1 atom stereocenters. The number of carbonyl (C=O) groups is 2. The maximum Gasteiger partial charge on any atom is 0.248 e. The van der Waals surface area contributed by atoms with Crippen LogP contribution in [-0.4, -0.2) is 34.5 Å². The molecule has 0 spiro atoms. The first-order valence-corrected chi connectivity index (χ1v) is 10.7. The van der Waals surface area contributed by atoms with E-state index in [0.29, 0.717) is 36.0 Å². The van der Waals surface area contributed by atoms with Gasteiger partial charge in [-0.25, -0.2) is 4.98 Å². The molecule has 8 heteroatoms. The number of anilines is 1. The average molecular weight is 423 g/mol. The van der Waals surface area contributed by atoms with Crippen LogP contribution in [0.3, 0.4) is 0 Å². The largest absolute Gasteiger partial charge is 0.454 e. The maximum absolute atomic E-state index is 13.0. The zero-order valence-electron chi connectivity index (χ0n) is 16.7. The minimum absolute atomic E-state index is 0.0245. The van der Waals surface area contributed by atoms with Gasteiger partial charge in [0.1, 0.15) is 6.04 Å². The molecule has 2 aliphatic heterocycles. The molecule has 1 aromatic heterocycles. The zero-order chi connectivity index (χ0) is 20.8. The molecule has 1 unspecified atom stereocenters. The van der Waals surface area contributed by atoms with E-state index in [1.54, 1.807) is 4.90 Å². The fourth-order valence-corrected chi connectivity index (χ4v) is 4.84. The van der Waals surface area contributed by atoms with Crippen LogP contribution in [0.1, 0.15) is 29.5 Å². The van der Waals surface area contributed by atoms with Crippen molar-refractivity contribution in [3.8, 4) is 11.5 Å². The lowest BCUT2D eigenvalue weighted by Crippen LogP contribution is -2.41. The van der Waals surface area contributed by atoms with Gasteiger partial charge in [-0.1, -0.05) is 23.5 Å². The van der Waals surface area contributed by atoms with Gasteiger partial charge in [0.25, 0.3) is 0 Å². The van der Waals surface area contributed by atoms with E-state index in [0.717, 1.165) is 21.3 Å². The van der Waals surface area contributed by atoms with Crippen LogP contribution in [0.2, 0.25) is 0 Å². The van der Waals surface area contributed by atoms with E-state index in [9.17, 15) is 9.59 Å². The predicted molar refractivity (Wildman–Crippen MR) is 114 cm³/mol. The van der Waals surface area contributed by atoms with E-state index in [4.69, 9.17) is 9.47 Å². The lowest BCUT2D eigenvalue weighted by Gasteiger charge is -2.23. The highest BCUT2D eigenvalue weighted by Gasteiger charge is 2.36. The molecule has 154 valence electrons. The van der Waals surface area contributed by atoms with Gasteiger partial charge in [-0.05, 0) is 55.2 Å². The Kier molecular flexibility index (Phi) is 4.58. The molecule has 0 bridgehead atoms. The molecule has 5 rings (SSSR count). The number of fused-ring (bicyclic) bond motifs is 2. The fourth-order valence-electron chi connectivity index (χ4n) is 3.91. The molecule has 1 fully saturated rings. The van der Waals surface area contributed by atoms with E-state index < -0.39 is 6.04 Å². The van der Waals surface area contributed by atoms with Gasteiger partial charge in [-0.3, -0.25) is 9.59 Å². The van der Waals surface area contributed by atoms with Crippen molar-refractivity contribution in [3.63, 3.8) is 0 Å². The number of amides is 2. The van der Waals surface area contributed by atoms with Crippen LogP contribution in [0.4, 0.5) is 5.13 Å². The minimum atomic E-state index is -0.516. The van der Waals surface area contributed by atoms with Gasteiger partial charge in [0, 0.05) is 13.0 Å². The number of nitrogens with zero attached hydrogens (tertiary/aromatic N) is 2. The third kappa shape index (κ3) is 3.27. The second-order valence-electron chi connectivity index (χ2n) is 7.63. The summed E-state index contributed by atoms with van der Waals surface area (Å²) in [5.41, 5.74) is 4.10. The number of benzene rings is 2. The average Bonchev–Trinajstić information content (AvgIpc) is 3.44. The number of likely N-dealkylation sites (tertiary alicyclic amines) is 1. The van der Waals surface area contributed by atoms with Crippen LogP contribution in [0.15, 0.2) is 30.3 Å². The summed E-state index contributed by atoms with van der Waals surface area (Å²) in [6.07, 6.45) is 0.860. The molecular formula is C22H21N3O4S. The molecule has 7 nitrogen and oxygen atoms in total. The second-order valence-corrected chi connectivity index (χ2v) is 8.66. The lowest BCUT2D eigenvalue weighted by atomic mass is 10.1. The number of aryl methyl sites for hydroxylation is 2. The van der Waals surface area contributed by atoms with Gasteiger partial charge in [0.05, 0.1) is 10.2 Å². The Morgan fingerprint density at radius 3 is 2.93 bits per heavy atom. The number of rotatable bonds is 4. The Morgan fingerprint density at radius 1 is 1.23 bits per heavy atom. The third-order valence-corrected chi connectivity index (χ3v) is 6.67. The van der Waals surface area contributed by atoms with Gasteiger partial charge in [0.2, 0.25) is 18.6 Å². The molecule has 0 radical (unpaired) electrons. The maximum atomic E-state index is 13.0. The van der Waals surface area contributed by atoms with E-state index in [1.165, 1.54) is 16.9 Å². The standard InChI is InChI=1S/C22H21N3O4S/c1-12-3-7-18-20(13(12)2)23-22(30-18)24-21(27)15-5-8-19(26)25(15)10-14-4-6-16-17(9-14)29-11-28-16/h3-4,6-7,9,15H,5,8,10-11H2,1-2H3,(H,23,24,27). The van der Waals surface area contributed by atoms with Crippen molar-refractivity contribution in [2.24, 2.45) is 0 Å². The summed E-state index contributed by atoms with van der Waals surface area (Å²) < 4.78 is 11.8. The smallest absolute Gasteiger partial charge is 0.248 e. The Hall–Kier alpha value is -3.13. The predicted octanol–water partition coefficient (Wildman–Crippen LogP) is 3.77. The Morgan fingerprint density at radius 2 is 2.07 bits per heavy atom. The van der Waals surface area contributed by atoms with Gasteiger partial charge >= 0.3 is 0 Å². The normalized spacial score (nSPS) is 17.7. The molecule has 30 heavy (non-hydrogen) atoms. The minimum Gasteiger partial charge on any atom is -0.454 e. The molecule has 1 saturated heterocycles. The highest BCUT2D eigenvalue weighted by molar-refractivity contribution is 7.22. The quantitative estimate of drug-likeness (QED) is 0.691. The SMILES string of the molecule is Cc1ccc2sc(NC(=O)C3CCC(=O)N3Cc3ccc4c(c3)OCO4)nc2c1C. The Balaban J connectivity index is 1.34. The Bertz CT molecular complexity index is 1170. The van der Waals surface area contributed by atoms with E-state index in [-0.39, 0.29) is 18.6 Å². The molecule has 2 amide bonds. The van der Waals surface area contributed by atoms with E-state index >= 15 is 0 Å². The molecule has 1 N–H and O–H groups in total. The number of hydrogen-bond acceptors (Lipinski definition) is 6. The number of hydrogen-bond donors (Lipinski definition) is 1. The van der Waals surface area contributed by atoms with Crippen LogP contribution in [0.25, 0.3) is 10.2 Å². The number of thiazole rings is 1. The summed E-state index contributed by atoms with van der Waals surface area (Å²) in [7, 11) is 0. The van der Waals surface area contributed by atoms with Crippen molar-refractivity contribution in [3.05, 3.63) is 47.0 Å². The third-order valence-electron chi connectivity index (χ3n) is 5.74. The van der Waals surface area contributed by atoms with Crippen molar-refractivity contribution >= 4 is 38.5 Å². The van der Waals surface area contributed by atoms with Gasteiger partial charge in [-0.2, -0.15) is 0 Å². The van der Waals surface area contributed by atoms with Crippen molar-refractivity contribution in [1.29, 1.82) is 0 Å². The second kappa shape index (κ2) is 7.28. The van der Waals surface area contributed by atoms with Gasteiger partial charge in [-0.15, -0.1) is 0 Å². The molecule has 2 aromatic carbocycles. The number of aromatic nitrogens is 1. The number of carbonyl (C=O) groups excluding carboxylic acids is 2. The number of ether oxygens (including phenoxy) is 2.